The lowest BCUT2D eigenvalue weighted by Gasteiger charge is -2.18. The molecule has 0 atom stereocenters. The van der Waals surface area contributed by atoms with Gasteiger partial charge in [0.25, 0.3) is 10.0 Å². The van der Waals surface area contributed by atoms with Crippen LogP contribution >= 0.6 is 0 Å². The van der Waals surface area contributed by atoms with Gasteiger partial charge in [0, 0.05) is 18.8 Å². The van der Waals surface area contributed by atoms with Crippen molar-refractivity contribution in [1.82, 2.24) is 9.78 Å². The molecule has 22 heavy (non-hydrogen) atoms. The molecule has 0 unspecified atom stereocenters. The maximum atomic E-state index is 12.8. The van der Waals surface area contributed by atoms with Crippen molar-refractivity contribution in [3.63, 3.8) is 0 Å². The van der Waals surface area contributed by atoms with E-state index < -0.39 is 10.0 Å². The maximum Gasteiger partial charge on any atom is 0.263 e. The number of hydrogen-bond acceptors (Lipinski definition) is 3. The van der Waals surface area contributed by atoms with E-state index in [9.17, 15) is 8.42 Å². The third-order valence-electron chi connectivity index (χ3n) is 4.40. The lowest BCUT2D eigenvalue weighted by Crippen LogP contribution is -2.18. The highest BCUT2D eigenvalue weighted by atomic mass is 32.2. The minimum atomic E-state index is -3.66. The minimum Gasteiger partial charge on any atom is -0.271 e. The van der Waals surface area contributed by atoms with Gasteiger partial charge in [0.1, 0.15) is 0 Å². The van der Waals surface area contributed by atoms with Gasteiger partial charge in [0.05, 0.1) is 4.90 Å². The van der Waals surface area contributed by atoms with E-state index in [4.69, 9.17) is 0 Å². The highest BCUT2D eigenvalue weighted by Gasteiger charge is 2.24. The molecule has 0 saturated heterocycles. The normalized spacial score (nSPS) is 11.7. The Balaban J connectivity index is 2.54. The molecule has 0 bridgehead atoms. The Labute approximate surface area is 132 Å². The van der Waals surface area contributed by atoms with Gasteiger partial charge in [-0.1, -0.05) is 0 Å². The fraction of sp³-hybridized carbons (Fsp3) is 0.438. The molecule has 5 nitrogen and oxygen atoms in total. The lowest BCUT2D eigenvalue weighted by atomic mass is 9.95. The molecule has 1 N–H and O–H groups in total. The van der Waals surface area contributed by atoms with E-state index in [1.165, 1.54) is 0 Å². The van der Waals surface area contributed by atoms with Crippen LogP contribution in [-0.4, -0.2) is 18.2 Å². The molecule has 1 aromatic carbocycles. The zero-order valence-electron chi connectivity index (χ0n) is 14.0. The van der Waals surface area contributed by atoms with E-state index in [2.05, 4.69) is 9.82 Å². The third kappa shape index (κ3) is 2.75. The van der Waals surface area contributed by atoms with Crippen molar-refractivity contribution < 1.29 is 8.42 Å². The Morgan fingerprint density at radius 3 is 1.95 bits per heavy atom. The maximum absolute atomic E-state index is 12.8. The molecule has 0 aliphatic carbocycles. The number of aromatic nitrogens is 2. The number of rotatable bonds is 4. The monoisotopic (exact) mass is 321 g/mol. The Morgan fingerprint density at radius 1 is 1.00 bits per heavy atom. The molecule has 0 saturated carbocycles. The second-order valence-corrected chi connectivity index (χ2v) is 7.24. The molecule has 1 aromatic heterocycles. The first-order chi connectivity index (χ1) is 10.2. The number of hydrogen-bond donors (Lipinski definition) is 1. The van der Waals surface area contributed by atoms with Gasteiger partial charge >= 0.3 is 0 Å². The molecule has 6 heteroatoms. The zero-order chi connectivity index (χ0) is 16.7. The van der Waals surface area contributed by atoms with Crippen molar-refractivity contribution in [1.29, 1.82) is 0 Å². The summed E-state index contributed by atoms with van der Waals surface area (Å²) in [4.78, 5) is 0.360. The van der Waals surface area contributed by atoms with E-state index in [1.54, 1.807) is 16.9 Å². The van der Waals surface area contributed by atoms with Crippen molar-refractivity contribution >= 4 is 15.8 Å². The van der Waals surface area contributed by atoms with Crippen LogP contribution in [0.3, 0.4) is 0 Å². The van der Waals surface area contributed by atoms with Crippen LogP contribution < -0.4 is 4.72 Å². The van der Waals surface area contributed by atoms with Gasteiger partial charge in [0.15, 0.2) is 5.82 Å². The summed E-state index contributed by atoms with van der Waals surface area (Å²) < 4.78 is 29.9. The predicted molar refractivity (Wildman–Crippen MR) is 88.8 cm³/mol. The summed E-state index contributed by atoms with van der Waals surface area (Å²) >= 11 is 0. The van der Waals surface area contributed by atoms with Gasteiger partial charge < -0.3 is 0 Å². The largest absolute Gasteiger partial charge is 0.271 e. The average molecular weight is 321 g/mol. The summed E-state index contributed by atoms with van der Waals surface area (Å²) in [5, 5.41) is 4.19. The number of nitrogens with one attached hydrogen (secondary N) is 1. The second kappa shape index (κ2) is 5.76. The fourth-order valence-electron chi connectivity index (χ4n) is 2.65. The highest BCUT2D eigenvalue weighted by molar-refractivity contribution is 7.92. The molecule has 2 aromatic rings. The van der Waals surface area contributed by atoms with Crippen molar-refractivity contribution in [3.8, 4) is 0 Å². The average Bonchev–Trinajstić information content (AvgIpc) is 2.89. The summed E-state index contributed by atoms with van der Waals surface area (Å²) in [5.74, 6) is 0.344. The van der Waals surface area contributed by atoms with E-state index in [-0.39, 0.29) is 0 Å². The number of nitrogens with zero attached hydrogens (tertiary/aromatic N) is 2. The first-order valence-electron chi connectivity index (χ1n) is 7.32. The van der Waals surface area contributed by atoms with Crippen molar-refractivity contribution in [2.24, 2.45) is 0 Å². The number of aryl methyl sites for hydroxylation is 1. The Bertz CT molecular complexity index is 791. The highest BCUT2D eigenvalue weighted by Crippen LogP contribution is 2.30. The van der Waals surface area contributed by atoms with Gasteiger partial charge in [-0.3, -0.25) is 9.40 Å². The van der Waals surface area contributed by atoms with Gasteiger partial charge in [-0.2, -0.15) is 5.10 Å². The van der Waals surface area contributed by atoms with Gasteiger partial charge in [0.2, 0.25) is 0 Å². The standard InChI is InChI=1S/C16H23N3O2S/c1-7-19-9-8-15(17-19)18-22(20,21)16-13(5)11(3)10(2)12(4)14(16)6/h8-9H,7H2,1-6H3,(H,17,18). The third-order valence-corrected chi connectivity index (χ3v) is 6.03. The van der Waals surface area contributed by atoms with Gasteiger partial charge in [-0.25, -0.2) is 8.42 Å². The molecular formula is C16H23N3O2S. The minimum absolute atomic E-state index is 0.344. The summed E-state index contributed by atoms with van der Waals surface area (Å²) in [6, 6.07) is 1.67. The van der Waals surface area contributed by atoms with Crippen LogP contribution in [0.1, 0.15) is 34.7 Å². The van der Waals surface area contributed by atoms with Crippen LogP contribution in [0.15, 0.2) is 17.2 Å². The summed E-state index contributed by atoms with van der Waals surface area (Å²) in [5.41, 5.74) is 4.76. The van der Waals surface area contributed by atoms with Crippen LogP contribution in [0.2, 0.25) is 0 Å². The molecule has 0 radical (unpaired) electrons. The first-order valence-corrected chi connectivity index (χ1v) is 8.80. The van der Waals surface area contributed by atoms with Crippen molar-refractivity contribution in [2.75, 3.05) is 4.72 Å². The van der Waals surface area contributed by atoms with Gasteiger partial charge in [-0.15, -0.1) is 0 Å². The topological polar surface area (TPSA) is 64.0 Å². The molecule has 0 amide bonds. The Hall–Kier alpha value is -1.82. The number of benzene rings is 1. The van der Waals surface area contributed by atoms with E-state index in [0.717, 1.165) is 27.8 Å². The van der Waals surface area contributed by atoms with E-state index in [0.29, 0.717) is 17.3 Å². The predicted octanol–water partition coefficient (Wildman–Crippen LogP) is 3.25. The molecule has 0 aliphatic rings. The second-order valence-electron chi connectivity index (χ2n) is 5.62. The molecule has 0 spiro atoms. The van der Waals surface area contributed by atoms with Crippen LogP contribution in [0.4, 0.5) is 5.82 Å². The van der Waals surface area contributed by atoms with Crippen LogP contribution in [0.25, 0.3) is 0 Å². The number of sulfonamides is 1. The molecule has 0 aliphatic heterocycles. The van der Waals surface area contributed by atoms with Gasteiger partial charge in [-0.05, 0) is 69.4 Å². The van der Waals surface area contributed by atoms with Crippen LogP contribution in [0.5, 0.6) is 0 Å². The Kier molecular flexibility index (Phi) is 4.33. The quantitative estimate of drug-likeness (QED) is 0.940. The number of anilines is 1. The molecule has 120 valence electrons. The molecule has 0 fully saturated rings. The summed E-state index contributed by atoms with van der Waals surface area (Å²) in [6.07, 6.45) is 1.75. The summed E-state index contributed by atoms with van der Waals surface area (Å²) in [7, 11) is -3.66. The first kappa shape index (κ1) is 16.5. The molecule has 2 rings (SSSR count). The van der Waals surface area contributed by atoms with E-state index >= 15 is 0 Å². The van der Waals surface area contributed by atoms with Crippen LogP contribution in [-0.2, 0) is 16.6 Å². The van der Waals surface area contributed by atoms with Crippen molar-refractivity contribution in [3.05, 3.63) is 40.1 Å². The summed E-state index contributed by atoms with van der Waals surface area (Å²) in [6.45, 7) is 12.3. The smallest absolute Gasteiger partial charge is 0.263 e. The molecule has 1 heterocycles. The van der Waals surface area contributed by atoms with Crippen molar-refractivity contribution in [2.45, 2.75) is 53.0 Å². The Morgan fingerprint density at radius 2 is 1.50 bits per heavy atom. The lowest BCUT2D eigenvalue weighted by molar-refractivity contribution is 0.599. The van der Waals surface area contributed by atoms with Crippen LogP contribution in [0, 0.1) is 34.6 Å². The zero-order valence-corrected chi connectivity index (χ0v) is 14.8. The fourth-order valence-corrected chi connectivity index (χ4v) is 4.25. The SMILES string of the molecule is CCn1ccc(NS(=O)(=O)c2c(C)c(C)c(C)c(C)c2C)n1. The molecular weight excluding hydrogens is 298 g/mol. The van der Waals surface area contributed by atoms with E-state index in [1.807, 2.05) is 41.5 Å².